The van der Waals surface area contributed by atoms with E-state index >= 15 is 0 Å². The summed E-state index contributed by atoms with van der Waals surface area (Å²) < 4.78 is 47.4. The molecule has 2 heterocycles. The van der Waals surface area contributed by atoms with Gasteiger partial charge in [-0.1, -0.05) is 24.3 Å². The highest BCUT2D eigenvalue weighted by atomic mass is 32.2. The van der Waals surface area contributed by atoms with E-state index in [2.05, 4.69) is 10.3 Å². The number of benzene rings is 2. The van der Waals surface area contributed by atoms with Crippen LogP contribution in [0.4, 0.5) is 4.39 Å². The van der Waals surface area contributed by atoms with E-state index in [1.807, 2.05) is 0 Å². The van der Waals surface area contributed by atoms with E-state index < -0.39 is 21.7 Å². The minimum Gasteiger partial charge on any atom is -0.379 e. The number of morpholine rings is 1. The minimum absolute atomic E-state index is 0.134. The quantitative estimate of drug-likeness (QED) is 0.497. The SMILES string of the molecule is O=C(NCc1ccccc1CS(=O)(=O)N1CCOCC1)c1c[nH]c(=S)n1-c1ccc(F)cc1. The van der Waals surface area contributed by atoms with E-state index in [1.165, 1.54) is 39.3 Å². The zero-order valence-corrected chi connectivity index (χ0v) is 19.3. The van der Waals surface area contributed by atoms with E-state index in [4.69, 9.17) is 17.0 Å². The highest BCUT2D eigenvalue weighted by Gasteiger charge is 2.25. The van der Waals surface area contributed by atoms with Gasteiger partial charge in [0.25, 0.3) is 5.91 Å². The molecule has 2 aromatic carbocycles. The molecule has 2 N–H and O–H groups in total. The van der Waals surface area contributed by atoms with Crippen molar-refractivity contribution in [2.24, 2.45) is 0 Å². The maximum absolute atomic E-state index is 13.3. The number of nitrogens with one attached hydrogen (secondary N) is 2. The Hall–Kier alpha value is -2.86. The van der Waals surface area contributed by atoms with Gasteiger partial charge in [0.15, 0.2) is 4.77 Å². The molecule has 174 valence electrons. The average Bonchev–Trinajstić information content (AvgIpc) is 3.20. The second-order valence-corrected chi connectivity index (χ2v) is 9.87. The third-order valence-corrected chi connectivity index (χ3v) is 7.48. The largest absolute Gasteiger partial charge is 0.379 e. The van der Waals surface area contributed by atoms with Crippen molar-refractivity contribution in [2.45, 2.75) is 12.3 Å². The fraction of sp³-hybridized carbons (Fsp3) is 0.273. The molecule has 0 radical (unpaired) electrons. The number of rotatable bonds is 7. The summed E-state index contributed by atoms with van der Waals surface area (Å²) in [4.78, 5) is 15.8. The van der Waals surface area contributed by atoms with Crippen LogP contribution in [0.1, 0.15) is 21.6 Å². The smallest absolute Gasteiger partial charge is 0.270 e. The fourth-order valence-corrected chi connectivity index (χ4v) is 5.46. The maximum atomic E-state index is 13.3. The molecule has 8 nitrogen and oxygen atoms in total. The molecule has 3 aromatic rings. The van der Waals surface area contributed by atoms with Crippen LogP contribution in [0, 0.1) is 10.6 Å². The van der Waals surface area contributed by atoms with Crippen LogP contribution < -0.4 is 5.32 Å². The van der Waals surface area contributed by atoms with Gasteiger partial charge in [0.2, 0.25) is 10.0 Å². The number of H-pyrrole nitrogens is 1. The molecule has 1 aromatic heterocycles. The lowest BCUT2D eigenvalue weighted by atomic mass is 10.1. The van der Waals surface area contributed by atoms with Gasteiger partial charge in [-0.05, 0) is 47.6 Å². The molecule has 0 unspecified atom stereocenters. The van der Waals surface area contributed by atoms with Crippen molar-refractivity contribution in [2.75, 3.05) is 26.3 Å². The molecule has 1 saturated heterocycles. The third kappa shape index (κ3) is 5.38. The van der Waals surface area contributed by atoms with Crippen LogP contribution in [0.3, 0.4) is 0 Å². The molecule has 1 amide bonds. The van der Waals surface area contributed by atoms with Crippen LogP contribution in [-0.4, -0.2) is 54.5 Å². The summed E-state index contributed by atoms with van der Waals surface area (Å²) in [6.45, 7) is 1.57. The van der Waals surface area contributed by atoms with E-state index in [0.717, 1.165) is 0 Å². The van der Waals surface area contributed by atoms with Crippen LogP contribution in [-0.2, 0) is 27.1 Å². The van der Waals surface area contributed by atoms with Gasteiger partial charge in [-0.15, -0.1) is 0 Å². The Morgan fingerprint density at radius 3 is 2.45 bits per heavy atom. The van der Waals surface area contributed by atoms with E-state index in [-0.39, 0.29) is 18.0 Å². The van der Waals surface area contributed by atoms with Crippen molar-refractivity contribution >= 4 is 28.1 Å². The van der Waals surface area contributed by atoms with Crippen LogP contribution in [0.25, 0.3) is 5.69 Å². The number of nitrogens with zero attached hydrogens (tertiary/aromatic N) is 2. The van der Waals surface area contributed by atoms with Crippen LogP contribution in [0.5, 0.6) is 0 Å². The fourth-order valence-electron chi connectivity index (χ4n) is 3.63. The van der Waals surface area contributed by atoms with E-state index in [9.17, 15) is 17.6 Å². The van der Waals surface area contributed by atoms with Crippen molar-refractivity contribution in [1.82, 2.24) is 19.2 Å². The summed E-state index contributed by atoms with van der Waals surface area (Å²) in [5, 5.41) is 2.83. The first-order valence-electron chi connectivity index (χ1n) is 10.3. The number of hydrogen-bond acceptors (Lipinski definition) is 5. The Labute approximate surface area is 196 Å². The number of amides is 1. The molecule has 0 aliphatic carbocycles. The van der Waals surface area contributed by atoms with Gasteiger partial charge in [-0.25, -0.2) is 12.8 Å². The zero-order chi connectivity index (χ0) is 23.4. The van der Waals surface area contributed by atoms with Gasteiger partial charge >= 0.3 is 0 Å². The standard InChI is InChI=1S/C22H23FN4O4S2/c23-18-5-7-19(8-6-18)27-20(14-25-22(27)32)21(28)24-13-16-3-1-2-4-17(16)15-33(29,30)26-9-11-31-12-10-26/h1-8,14H,9-13,15H2,(H,24,28)(H,25,32). The van der Waals surface area contributed by atoms with Crippen LogP contribution in [0.2, 0.25) is 0 Å². The Balaban J connectivity index is 1.50. The number of aromatic amines is 1. The number of ether oxygens (including phenoxy) is 1. The highest BCUT2D eigenvalue weighted by Crippen LogP contribution is 2.18. The lowest BCUT2D eigenvalue weighted by Crippen LogP contribution is -2.41. The summed E-state index contributed by atoms with van der Waals surface area (Å²) in [6, 6.07) is 12.7. The first kappa shape index (κ1) is 23.3. The topological polar surface area (TPSA) is 96.4 Å². The number of imidazole rings is 1. The summed E-state index contributed by atoms with van der Waals surface area (Å²) >= 11 is 5.28. The van der Waals surface area contributed by atoms with Gasteiger partial charge in [0.1, 0.15) is 11.5 Å². The predicted molar refractivity (Wildman–Crippen MR) is 124 cm³/mol. The monoisotopic (exact) mass is 490 g/mol. The third-order valence-electron chi connectivity index (χ3n) is 5.35. The first-order chi connectivity index (χ1) is 15.8. The van der Waals surface area contributed by atoms with E-state index in [0.29, 0.717) is 47.9 Å². The lowest BCUT2D eigenvalue weighted by molar-refractivity contribution is 0.0729. The molecular formula is C22H23FN4O4S2. The molecule has 33 heavy (non-hydrogen) atoms. The van der Waals surface area contributed by atoms with Gasteiger partial charge in [0, 0.05) is 31.5 Å². The average molecular weight is 491 g/mol. The Morgan fingerprint density at radius 2 is 1.76 bits per heavy atom. The number of sulfonamides is 1. The zero-order valence-electron chi connectivity index (χ0n) is 17.7. The van der Waals surface area contributed by atoms with Gasteiger partial charge in [-0.3, -0.25) is 9.36 Å². The molecule has 4 rings (SSSR count). The van der Waals surface area contributed by atoms with Crippen LogP contribution in [0.15, 0.2) is 54.7 Å². The lowest BCUT2D eigenvalue weighted by Gasteiger charge is -2.26. The normalized spacial score (nSPS) is 14.8. The van der Waals surface area contributed by atoms with Crippen molar-refractivity contribution in [1.29, 1.82) is 0 Å². The second kappa shape index (κ2) is 9.96. The van der Waals surface area contributed by atoms with Crippen molar-refractivity contribution in [3.63, 3.8) is 0 Å². The molecule has 1 fully saturated rings. The van der Waals surface area contributed by atoms with Gasteiger partial charge in [-0.2, -0.15) is 4.31 Å². The molecule has 1 aliphatic rings. The Kier molecular flexibility index (Phi) is 7.03. The summed E-state index contributed by atoms with van der Waals surface area (Å²) in [6.07, 6.45) is 1.48. The van der Waals surface area contributed by atoms with Gasteiger partial charge in [0.05, 0.1) is 19.0 Å². The van der Waals surface area contributed by atoms with Crippen molar-refractivity contribution in [3.8, 4) is 5.69 Å². The van der Waals surface area contributed by atoms with E-state index in [1.54, 1.807) is 24.3 Å². The molecular weight excluding hydrogens is 467 g/mol. The number of halogens is 1. The van der Waals surface area contributed by atoms with Crippen molar-refractivity contribution < 1.29 is 22.3 Å². The number of hydrogen-bond donors (Lipinski definition) is 2. The van der Waals surface area contributed by atoms with Crippen LogP contribution >= 0.6 is 12.2 Å². The number of carbonyl (C=O) groups is 1. The maximum Gasteiger partial charge on any atom is 0.270 e. The Morgan fingerprint density at radius 1 is 1.09 bits per heavy atom. The van der Waals surface area contributed by atoms with Crippen molar-refractivity contribution in [3.05, 3.63) is 82.1 Å². The molecule has 1 aliphatic heterocycles. The first-order valence-corrected chi connectivity index (χ1v) is 12.3. The molecule has 0 bridgehead atoms. The summed E-state index contributed by atoms with van der Waals surface area (Å²) in [5.41, 5.74) is 2.12. The summed E-state index contributed by atoms with van der Waals surface area (Å²) in [5.74, 6) is -0.956. The van der Waals surface area contributed by atoms with Gasteiger partial charge < -0.3 is 15.0 Å². The molecule has 0 spiro atoms. The predicted octanol–water partition coefficient (Wildman–Crippen LogP) is 2.77. The number of aromatic nitrogens is 2. The molecule has 11 heteroatoms. The molecule has 0 saturated carbocycles. The summed E-state index contributed by atoms with van der Waals surface area (Å²) in [7, 11) is -3.51. The minimum atomic E-state index is -3.51. The second-order valence-electron chi connectivity index (χ2n) is 7.51. The molecule has 0 atom stereocenters. The number of carbonyl (C=O) groups excluding carboxylic acids is 1. The highest BCUT2D eigenvalue weighted by molar-refractivity contribution is 7.88. The Bertz CT molecular complexity index is 1300.